The zero-order valence-electron chi connectivity index (χ0n) is 14.1. The van der Waals surface area contributed by atoms with E-state index in [1.54, 1.807) is 11.1 Å². The highest BCUT2D eigenvalue weighted by Gasteiger charge is 2.24. The molecule has 8 heteroatoms. The molecule has 0 radical (unpaired) electrons. The van der Waals surface area contributed by atoms with Gasteiger partial charge in [0.15, 0.2) is 0 Å². The molecule has 0 saturated carbocycles. The largest absolute Gasteiger partial charge is 0.353 e. The van der Waals surface area contributed by atoms with E-state index >= 15 is 0 Å². The predicted molar refractivity (Wildman–Crippen MR) is 98.8 cm³/mol. The van der Waals surface area contributed by atoms with Gasteiger partial charge in [-0.2, -0.15) is 5.10 Å². The Morgan fingerprint density at radius 3 is 2.56 bits per heavy atom. The minimum absolute atomic E-state index is 0.131. The fourth-order valence-electron chi connectivity index (χ4n) is 2.79. The van der Waals surface area contributed by atoms with E-state index in [1.807, 2.05) is 19.1 Å². The molecule has 0 aromatic carbocycles. The molecular formula is C17H20BrN5O2. The fraction of sp³-hybridized carbons (Fsp3) is 0.412. The predicted octanol–water partition coefficient (Wildman–Crippen LogP) is 1.77. The summed E-state index contributed by atoms with van der Waals surface area (Å²) in [5.74, 6) is 0.776. The molecule has 1 saturated heterocycles. The lowest BCUT2D eigenvalue weighted by molar-refractivity contribution is 0.0737. The highest BCUT2D eigenvalue weighted by Crippen LogP contribution is 2.17. The van der Waals surface area contributed by atoms with Crippen LogP contribution < -0.4 is 10.5 Å². The van der Waals surface area contributed by atoms with Crippen molar-refractivity contribution in [3.8, 4) is 0 Å². The molecule has 7 nitrogen and oxygen atoms in total. The average Bonchev–Trinajstić information content (AvgIpc) is 2.64. The summed E-state index contributed by atoms with van der Waals surface area (Å²) < 4.78 is 2.30. The van der Waals surface area contributed by atoms with Crippen molar-refractivity contribution in [3.63, 3.8) is 0 Å². The van der Waals surface area contributed by atoms with E-state index in [0.717, 1.165) is 29.8 Å². The maximum atomic E-state index is 12.7. The highest BCUT2D eigenvalue weighted by molar-refractivity contribution is 9.10. The van der Waals surface area contributed by atoms with Crippen LogP contribution in [0.4, 0.5) is 5.82 Å². The van der Waals surface area contributed by atoms with Gasteiger partial charge in [0.05, 0.1) is 0 Å². The third kappa shape index (κ3) is 4.07. The number of hydrogen-bond donors (Lipinski definition) is 0. The highest BCUT2D eigenvalue weighted by atomic mass is 79.9. The maximum Gasteiger partial charge on any atom is 0.274 e. The van der Waals surface area contributed by atoms with Gasteiger partial charge < -0.3 is 9.80 Å². The maximum absolute atomic E-state index is 12.7. The third-order valence-electron chi connectivity index (χ3n) is 4.12. The molecule has 132 valence electrons. The lowest BCUT2D eigenvalue weighted by atomic mass is 10.2. The van der Waals surface area contributed by atoms with Gasteiger partial charge in [0.2, 0.25) is 0 Å². The van der Waals surface area contributed by atoms with E-state index in [9.17, 15) is 9.59 Å². The van der Waals surface area contributed by atoms with Crippen molar-refractivity contribution in [1.82, 2.24) is 19.7 Å². The van der Waals surface area contributed by atoms with Gasteiger partial charge in [-0.05, 0) is 40.5 Å². The van der Waals surface area contributed by atoms with Crippen molar-refractivity contribution in [2.75, 3.05) is 31.1 Å². The van der Waals surface area contributed by atoms with E-state index in [0.29, 0.717) is 25.3 Å². The Morgan fingerprint density at radius 1 is 1.16 bits per heavy atom. The van der Waals surface area contributed by atoms with Crippen molar-refractivity contribution in [2.45, 2.75) is 19.9 Å². The van der Waals surface area contributed by atoms with Gasteiger partial charge in [0.1, 0.15) is 11.5 Å². The molecule has 0 atom stereocenters. The number of rotatable bonds is 4. The van der Waals surface area contributed by atoms with Crippen molar-refractivity contribution >= 4 is 27.7 Å². The summed E-state index contributed by atoms with van der Waals surface area (Å²) in [6.07, 6.45) is 2.57. The smallest absolute Gasteiger partial charge is 0.274 e. The van der Waals surface area contributed by atoms with Gasteiger partial charge in [0.25, 0.3) is 11.5 Å². The molecular weight excluding hydrogens is 386 g/mol. The first kappa shape index (κ1) is 17.6. The SMILES string of the molecule is CCCn1nc(C(=O)N2CCN(c3ccc(Br)cn3)CC2)ccc1=O. The van der Waals surface area contributed by atoms with Crippen LogP contribution in [-0.2, 0) is 6.54 Å². The molecule has 2 aromatic heterocycles. The van der Waals surface area contributed by atoms with Crippen LogP contribution in [0.5, 0.6) is 0 Å². The second kappa shape index (κ2) is 7.77. The molecule has 3 heterocycles. The minimum atomic E-state index is -0.176. The summed E-state index contributed by atoms with van der Waals surface area (Å²) in [6, 6.07) is 6.85. The van der Waals surface area contributed by atoms with Gasteiger partial charge in [-0.3, -0.25) is 9.59 Å². The van der Waals surface area contributed by atoms with Gasteiger partial charge in [-0.15, -0.1) is 0 Å². The number of carbonyl (C=O) groups is 1. The number of amides is 1. The Bertz CT molecular complexity index is 797. The first-order valence-electron chi connectivity index (χ1n) is 8.32. The molecule has 0 spiro atoms. The molecule has 25 heavy (non-hydrogen) atoms. The van der Waals surface area contributed by atoms with Crippen molar-refractivity contribution < 1.29 is 4.79 Å². The Kier molecular flexibility index (Phi) is 5.47. The molecule has 2 aromatic rings. The molecule has 1 aliphatic heterocycles. The molecule has 0 N–H and O–H groups in total. The summed E-state index contributed by atoms with van der Waals surface area (Å²) in [7, 11) is 0. The van der Waals surface area contributed by atoms with Gasteiger partial charge >= 0.3 is 0 Å². The van der Waals surface area contributed by atoms with Crippen LogP contribution in [0.15, 0.2) is 39.7 Å². The number of aromatic nitrogens is 3. The Hall–Kier alpha value is -2.22. The van der Waals surface area contributed by atoms with Gasteiger partial charge in [-0.1, -0.05) is 6.92 Å². The molecule has 3 rings (SSSR count). The average molecular weight is 406 g/mol. The summed E-state index contributed by atoms with van der Waals surface area (Å²) >= 11 is 3.38. The van der Waals surface area contributed by atoms with E-state index in [1.165, 1.54) is 16.8 Å². The lowest BCUT2D eigenvalue weighted by Gasteiger charge is -2.35. The zero-order chi connectivity index (χ0) is 17.8. The summed E-state index contributed by atoms with van der Waals surface area (Å²) in [4.78, 5) is 32.7. The van der Waals surface area contributed by atoms with Crippen LogP contribution in [0.25, 0.3) is 0 Å². The number of aryl methyl sites for hydroxylation is 1. The number of anilines is 1. The number of carbonyl (C=O) groups excluding carboxylic acids is 1. The molecule has 0 unspecified atom stereocenters. The summed E-state index contributed by atoms with van der Waals surface area (Å²) in [5, 5.41) is 4.21. The molecule has 0 aliphatic carbocycles. The van der Waals surface area contributed by atoms with E-state index in [2.05, 4.69) is 30.9 Å². The van der Waals surface area contributed by atoms with Gasteiger partial charge in [-0.25, -0.2) is 9.67 Å². The zero-order valence-corrected chi connectivity index (χ0v) is 15.6. The molecule has 1 fully saturated rings. The van der Waals surface area contributed by atoms with E-state index in [4.69, 9.17) is 0 Å². The first-order valence-corrected chi connectivity index (χ1v) is 9.11. The minimum Gasteiger partial charge on any atom is -0.353 e. The fourth-order valence-corrected chi connectivity index (χ4v) is 3.03. The van der Waals surface area contributed by atoms with Crippen LogP contribution in [0.3, 0.4) is 0 Å². The third-order valence-corrected chi connectivity index (χ3v) is 4.59. The van der Waals surface area contributed by atoms with Crippen molar-refractivity contribution in [1.29, 1.82) is 0 Å². The molecule has 0 bridgehead atoms. The quantitative estimate of drug-likeness (QED) is 0.774. The topological polar surface area (TPSA) is 71.3 Å². The lowest BCUT2D eigenvalue weighted by Crippen LogP contribution is -2.49. The summed E-state index contributed by atoms with van der Waals surface area (Å²) in [5.41, 5.74) is 0.146. The van der Waals surface area contributed by atoms with E-state index < -0.39 is 0 Å². The molecule has 1 amide bonds. The van der Waals surface area contributed by atoms with Gasteiger partial charge in [0, 0.05) is 49.5 Å². The van der Waals surface area contributed by atoms with E-state index in [-0.39, 0.29) is 11.5 Å². The monoisotopic (exact) mass is 405 g/mol. The van der Waals surface area contributed by atoms with Crippen molar-refractivity contribution in [2.24, 2.45) is 0 Å². The Morgan fingerprint density at radius 2 is 1.92 bits per heavy atom. The number of nitrogens with zero attached hydrogens (tertiary/aromatic N) is 5. The van der Waals surface area contributed by atoms with Crippen LogP contribution in [-0.4, -0.2) is 51.8 Å². The number of halogens is 1. The Labute approximate surface area is 154 Å². The number of pyridine rings is 1. The van der Waals surface area contributed by atoms with Crippen LogP contribution >= 0.6 is 15.9 Å². The van der Waals surface area contributed by atoms with Crippen molar-refractivity contribution in [3.05, 3.63) is 51.0 Å². The first-order chi connectivity index (χ1) is 12.1. The van der Waals surface area contributed by atoms with Crippen LogP contribution in [0, 0.1) is 0 Å². The number of piperazine rings is 1. The summed E-state index contributed by atoms with van der Waals surface area (Å²) in [6.45, 7) is 5.13. The number of hydrogen-bond acceptors (Lipinski definition) is 5. The normalized spacial score (nSPS) is 14.6. The molecule has 1 aliphatic rings. The Balaban J connectivity index is 1.66. The second-order valence-corrected chi connectivity index (χ2v) is 6.81. The second-order valence-electron chi connectivity index (χ2n) is 5.89. The van der Waals surface area contributed by atoms with Crippen LogP contribution in [0.1, 0.15) is 23.8 Å². The standard InChI is InChI=1S/C17H20BrN5O2/c1-2-7-23-16(24)6-4-14(20-23)17(25)22-10-8-21(9-11-22)15-5-3-13(18)12-19-15/h3-6,12H,2,7-11H2,1H3. The van der Waals surface area contributed by atoms with Crippen LogP contribution in [0.2, 0.25) is 0 Å².